The molecule has 0 atom stereocenters. The summed E-state index contributed by atoms with van der Waals surface area (Å²) in [5.74, 6) is 1.20. The molecule has 1 aliphatic rings. The molecule has 1 amide bonds. The van der Waals surface area contributed by atoms with Crippen LogP contribution in [0.5, 0.6) is 0 Å². The van der Waals surface area contributed by atoms with Gasteiger partial charge in [-0.05, 0) is 36.6 Å². The number of thiophene rings is 1. The Bertz CT molecular complexity index is 932. The number of aromatic nitrogens is 2. The highest BCUT2D eigenvalue weighted by Crippen LogP contribution is 2.38. The Morgan fingerprint density at radius 2 is 1.96 bits per heavy atom. The molecule has 7 heteroatoms. The van der Waals surface area contributed by atoms with Crippen molar-refractivity contribution in [3.63, 3.8) is 0 Å². The third kappa shape index (κ3) is 3.27. The zero-order valence-electron chi connectivity index (χ0n) is 14.4. The molecule has 1 N–H and O–H groups in total. The molecule has 1 aromatic carbocycles. The molecule has 0 aliphatic carbocycles. The zero-order valence-corrected chi connectivity index (χ0v) is 16.0. The number of halogens is 1. The van der Waals surface area contributed by atoms with E-state index in [0.717, 1.165) is 57.4 Å². The Morgan fingerprint density at radius 3 is 2.65 bits per heavy atom. The lowest BCUT2D eigenvalue weighted by Gasteiger charge is -2.32. The summed E-state index contributed by atoms with van der Waals surface area (Å²) in [6.07, 6.45) is 3.32. The van der Waals surface area contributed by atoms with Gasteiger partial charge in [-0.3, -0.25) is 4.79 Å². The molecule has 2 aromatic heterocycles. The van der Waals surface area contributed by atoms with Gasteiger partial charge in [-0.1, -0.05) is 23.7 Å². The second-order valence-electron chi connectivity index (χ2n) is 6.40. The van der Waals surface area contributed by atoms with Gasteiger partial charge >= 0.3 is 0 Å². The Balaban J connectivity index is 1.62. The zero-order chi connectivity index (χ0) is 18.1. The van der Waals surface area contributed by atoms with Crippen molar-refractivity contribution in [3.8, 4) is 10.4 Å². The van der Waals surface area contributed by atoms with E-state index < -0.39 is 0 Å². The van der Waals surface area contributed by atoms with Crippen LogP contribution in [-0.2, 0) is 4.79 Å². The Morgan fingerprint density at radius 1 is 1.23 bits per heavy atom. The van der Waals surface area contributed by atoms with Crippen LogP contribution in [0.15, 0.2) is 36.7 Å². The Hall–Kier alpha value is -2.18. The largest absolute Gasteiger partial charge is 0.359 e. The predicted molar refractivity (Wildman–Crippen MR) is 107 cm³/mol. The lowest BCUT2D eigenvalue weighted by atomic mass is 9.96. The van der Waals surface area contributed by atoms with Crippen LogP contribution in [0, 0.1) is 5.92 Å². The predicted octanol–water partition coefficient (Wildman–Crippen LogP) is 3.97. The number of amides is 1. The summed E-state index contributed by atoms with van der Waals surface area (Å²) in [5.41, 5.74) is 2.08. The molecule has 0 unspecified atom stereocenters. The van der Waals surface area contributed by atoms with Gasteiger partial charge in [0.05, 0.1) is 10.2 Å². The van der Waals surface area contributed by atoms with Crippen molar-refractivity contribution in [1.29, 1.82) is 0 Å². The minimum absolute atomic E-state index is 0.0987. The number of rotatable bonds is 3. The number of carbonyl (C=O) groups is 1. The lowest BCUT2D eigenvalue weighted by Crippen LogP contribution is -2.39. The highest BCUT2D eigenvalue weighted by Gasteiger charge is 2.26. The van der Waals surface area contributed by atoms with E-state index in [1.54, 1.807) is 24.7 Å². The van der Waals surface area contributed by atoms with Crippen LogP contribution in [0.3, 0.4) is 0 Å². The van der Waals surface area contributed by atoms with E-state index in [2.05, 4.69) is 26.3 Å². The molecule has 1 fully saturated rings. The van der Waals surface area contributed by atoms with E-state index in [4.69, 9.17) is 11.6 Å². The Labute approximate surface area is 161 Å². The smallest absolute Gasteiger partial charge is 0.222 e. The molecule has 0 spiro atoms. The first kappa shape index (κ1) is 17.2. The summed E-state index contributed by atoms with van der Waals surface area (Å²) in [4.78, 5) is 24.2. The molecule has 0 saturated carbocycles. The average molecular weight is 387 g/mol. The summed E-state index contributed by atoms with van der Waals surface area (Å²) < 4.78 is 1.09. The van der Waals surface area contributed by atoms with E-state index in [0.29, 0.717) is 0 Å². The fourth-order valence-corrected chi connectivity index (χ4v) is 4.64. The van der Waals surface area contributed by atoms with Crippen LogP contribution in [0.25, 0.3) is 20.7 Å². The summed E-state index contributed by atoms with van der Waals surface area (Å²) in [5, 5.41) is 3.48. The van der Waals surface area contributed by atoms with Gasteiger partial charge in [0.1, 0.15) is 12.1 Å². The molecule has 0 bridgehead atoms. The van der Waals surface area contributed by atoms with Gasteiger partial charge in [-0.25, -0.2) is 9.97 Å². The fourth-order valence-electron chi connectivity index (χ4n) is 3.38. The molecular formula is C19H19ClN4OS. The molecule has 1 aliphatic heterocycles. The van der Waals surface area contributed by atoms with Gasteiger partial charge in [0.15, 0.2) is 0 Å². The van der Waals surface area contributed by atoms with E-state index in [9.17, 15) is 4.79 Å². The van der Waals surface area contributed by atoms with Crippen molar-refractivity contribution in [3.05, 3.63) is 41.7 Å². The number of hydrogen-bond donors (Lipinski definition) is 1. The van der Waals surface area contributed by atoms with E-state index in [1.165, 1.54) is 0 Å². The van der Waals surface area contributed by atoms with E-state index >= 15 is 0 Å². The summed E-state index contributed by atoms with van der Waals surface area (Å²) in [7, 11) is 1.70. The number of anilines is 1. The molecule has 26 heavy (non-hydrogen) atoms. The molecular weight excluding hydrogens is 368 g/mol. The number of hydrogen-bond acceptors (Lipinski definition) is 5. The second-order valence-corrected chi connectivity index (χ2v) is 7.89. The molecule has 134 valence electrons. The number of fused-ring (bicyclic) bond motifs is 1. The summed E-state index contributed by atoms with van der Waals surface area (Å²) in [6, 6.07) is 9.95. The lowest BCUT2D eigenvalue weighted by molar-refractivity contribution is -0.125. The van der Waals surface area contributed by atoms with Crippen molar-refractivity contribution >= 4 is 44.9 Å². The van der Waals surface area contributed by atoms with Crippen LogP contribution < -0.4 is 10.2 Å². The third-order valence-electron chi connectivity index (χ3n) is 4.83. The van der Waals surface area contributed by atoms with Crippen molar-refractivity contribution in [2.45, 2.75) is 12.8 Å². The SMILES string of the molecule is CNC(=O)C1CCN(c2ncnc3cc(-c4ccc(Cl)cc4)sc23)CC1. The van der Waals surface area contributed by atoms with E-state index in [-0.39, 0.29) is 11.8 Å². The van der Waals surface area contributed by atoms with Crippen LogP contribution in [0.4, 0.5) is 5.82 Å². The first-order valence-electron chi connectivity index (χ1n) is 8.62. The monoisotopic (exact) mass is 386 g/mol. The van der Waals surface area contributed by atoms with Crippen molar-refractivity contribution in [1.82, 2.24) is 15.3 Å². The fraction of sp³-hybridized carbons (Fsp3) is 0.316. The quantitative estimate of drug-likeness (QED) is 0.739. The average Bonchev–Trinajstić information content (AvgIpc) is 3.12. The number of benzene rings is 1. The molecule has 3 heterocycles. The van der Waals surface area contributed by atoms with Gasteiger partial charge in [0, 0.05) is 36.0 Å². The number of nitrogens with one attached hydrogen (secondary N) is 1. The highest BCUT2D eigenvalue weighted by molar-refractivity contribution is 7.22. The molecule has 4 rings (SSSR count). The van der Waals surface area contributed by atoms with Gasteiger partial charge in [0.2, 0.25) is 5.91 Å². The maximum Gasteiger partial charge on any atom is 0.222 e. The second kappa shape index (κ2) is 7.21. The standard InChI is InChI=1S/C19H19ClN4OS/c1-21-19(25)13-6-8-24(9-7-13)18-17-15(22-11-23-18)10-16(26-17)12-2-4-14(20)5-3-12/h2-5,10-11,13H,6-9H2,1H3,(H,21,25). The number of nitrogens with zero attached hydrogens (tertiary/aromatic N) is 3. The molecule has 1 saturated heterocycles. The third-order valence-corrected chi connectivity index (χ3v) is 6.25. The number of carbonyl (C=O) groups excluding carboxylic acids is 1. The van der Waals surface area contributed by atoms with Crippen LogP contribution in [-0.4, -0.2) is 36.0 Å². The van der Waals surface area contributed by atoms with Gasteiger partial charge in [-0.2, -0.15) is 0 Å². The van der Waals surface area contributed by atoms with Crippen LogP contribution in [0.1, 0.15) is 12.8 Å². The maximum atomic E-state index is 11.8. The molecule has 0 radical (unpaired) electrons. The first-order valence-corrected chi connectivity index (χ1v) is 9.82. The van der Waals surface area contributed by atoms with Crippen molar-refractivity contribution in [2.24, 2.45) is 5.92 Å². The van der Waals surface area contributed by atoms with Gasteiger partial charge in [-0.15, -0.1) is 11.3 Å². The molecule has 3 aromatic rings. The topological polar surface area (TPSA) is 58.1 Å². The van der Waals surface area contributed by atoms with Crippen LogP contribution >= 0.6 is 22.9 Å². The van der Waals surface area contributed by atoms with Gasteiger partial charge in [0.25, 0.3) is 0 Å². The van der Waals surface area contributed by atoms with Crippen molar-refractivity contribution in [2.75, 3.05) is 25.0 Å². The highest BCUT2D eigenvalue weighted by atomic mass is 35.5. The van der Waals surface area contributed by atoms with Crippen LogP contribution in [0.2, 0.25) is 5.02 Å². The number of piperidine rings is 1. The Kier molecular flexibility index (Phi) is 4.78. The molecule has 5 nitrogen and oxygen atoms in total. The van der Waals surface area contributed by atoms with Gasteiger partial charge < -0.3 is 10.2 Å². The summed E-state index contributed by atoms with van der Waals surface area (Å²) >= 11 is 7.69. The minimum atomic E-state index is 0.0987. The normalized spacial score (nSPS) is 15.4. The van der Waals surface area contributed by atoms with E-state index in [1.807, 2.05) is 24.3 Å². The van der Waals surface area contributed by atoms with Crippen molar-refractivity contribution < 1.29 is 4.79 Å². The maximum absolute atomic E-state index is 11.8. The summed E-state index contributed by atoms with van der Waals surface area (Å²) in [6.45, 7) is 1.66. The first-order chi connectivity index (χ1) is 12.7. The minimum Gasteiger partial charge on any atom is -0.359 e.